The summed E-state index contributed by atoms with van der Waals surface area (Å²) >= 11 is 11.4. The standard InChI is InChI=1S/C8H8Cl2O2/c1-11-7-3-5(9)6(10)4-8(7)12-2/h3-4H,1-2H3/i3D,4D. The van der Waals surface area contributed by atoms with E-state index in [0.717, 1.165) is 0 Å². The fourth-order valence-electron chi connectivity index (χ4n) is 0.710. The van der Waals surface area contributed by atoms with Crippen molar-refractivity contribution in [2.75, 3.05) is 14.2 Å². The van der Waals surface area contributed by atoms with Gasteiger partial charge in [0.2, 0.25) is 0 Å². The molecular formula is C8H8Cl2O2. The van der Waals surface area contributed by atoms with E-state index >= 15 is 0 Å². The van der Waals surface area contributed by atoms with Crippen molar-refractivity contribution in [1.82, 2.24) is 0 Å². The molecule has 0 spiro atoms. The van der Waals surface area contributed by atoms with Crippen molar-refractivity contribution in [3.8, 4) is 11.5 Å². The average molecular weight is 209 g/mol. The molecule has 0 aliphatic rings. The van der Waals surface area contributed by atoms with Crippen LogP contribution in [0.2, 0.25) is 10.0 Å². The average Bonchev–Trinajstić information content (AvgIpc) is 2.20. The number of methoxy groups -OCH3 is 2. The third-order valence-corrected chi connectivity index (χ3v) is 1.92. The molecule has 0 fully saturated rings. The van der Waals surface area contributed by atoms with E-state index in [1.54, 1.807) is 0 Å². The van der Waals surface area contributed by atoms with Crippen molar-refractivity contribution in [2.24, 2.45) is 0 Å². The van der Waals surface area contributed by atoms with Crippen molar-refractivity contribution in [3.63, 3.8) is 0 Å². The van der Waals surface area contributed by atoms with Crippen LogP contribution < -0.4 is 9.47 Å². The lowest BCUT2D eigenvalue weighted by atomic mass is 10.3. The Balaban J connectivity index is 3.57. The minimum Gasteiger partial charge on any atom is -0.493 e. The molecule has 0 amide bonds. The van der Waals surface area contributed by atoms with Gasteiger partial charge in [-0.15, -0.1) is 0 Å². The first kappa shape index (κ1) is 6.87. The highest BCUT2D eigenvalue weighted by molar-refractivity contribution is 6.42. The Bertz CT molecular complexity index is 334. The highest BCUT2D eigenvalue weighted by atomic mass is 35.5. The summed E-state index contributed by atoms with van der Waals surface area (Å²) in [5, 5.41) is -0.0105. The van der Waals surface area contributed by atoms with E-state index < -0.39 is 0 Å². The molecule has 0 heterocycles. The topological polar surface area (TPSA) is 18.5 Å². The zero-order valence-corrected chi connectivity index (χ0v) is 8.08. The van der Waals surface area contributed by atoms with Gasteiger partial charge >= 0.3 is 0 Å². The molecule has 1 rings (SSSR count). The maximum Gasteiger partial charge on any atom is 0.162 e. The first-order valence-electron chi connectivity index (χ1n) is 4.10. The lowest BCUT2D eigenvalue weighted by Gasteiger charge is -2.07. The van der Waals surface area contributed by atoms with Crippen LogP contribution in [-0.2, 0) is 0 Å². The second kappa shape index (κ2) is 3.87. The van der Waals surface area contributed by atoms with Crippen LogP contribution in [0.3, 0.4) is 0 Å². The van der Waals surface area contributed by atoms with Gasteiger partial charge in [0, 0.05) is 12.1 Å². The van der Waals surface area contributed by atoms with Crippen LogP contribution in [0, 0.1) is 0 Å². The van der Waals surface area contributed by atoms with Crippen LogP contribution in [0.5, 0.6) is 11.5 Å². The Morgan fingerprint density at radius 1 is 1.08 bits per heavy atom. The van der Waals surface area contributed by atoms with Crippen LogP contribution in [0.4, 0.5) is 0 Å². The van der Waals surface area contributed by atoms with E-state index in [4.69, 9.17) is 35.4 Å². The van der Waals surface area contributed by atoms with E-state index in [2.05, 4.69) is 0 Å². The minimum atomic E-state index is -0.0768. The van der Waals surface area contributed by atoms with Gasteiger partial charge in [-0.2, -0.15) is 0 Å². The number of halogens is 2. The highest BCUT2D eigenvalue weighted by Gasteiger charge is 2.07. The van der Waals surface area contributed by atoms with E-state index in [9.17, 15) is 0 Å². The van der Waals surface area contributed by atoms with Gasteiger partial charge < -0.3 is 9.47 Å². The normalized spacial score (nSPS) is 12.0. The van der Waals surface area contributed by atoms with Crippen molar-refractivity contribution in [3.05, 3.63) is 22.1 Å². The molecule has 66 valence electrons. The number of benzene rings is 1. The molecule has 0 bridgehead atoms. The fourth-order valence-corrected chi connectivity index (χ4v) is 0.976. The third kappa shape index (κ3) is 1.76. The van der Waals surface area contributed by atoms with Gasteiger partial charge in [0.1, 0.15) is 0 Å². The van der Waals surface area contributed by atoms with Gasteiger partial charge in [-0.1, -0.05) is 23.2 Å². The van der Waals surface area contributed by atoms with E-state index in [-0.39, 0.29) is 33.6 Å². The van der Waals surface area contributed by atoms with E-state index in [1.807, 2.05) is 0 Å². The molecule has 0 unspecified atom stereocenters. The Kier molecular flexibility index (Phi) is 2.22. The maximum absolute atomic E-state index is 7.57. The molecule has 0 saturated carbocycles. The molecule has 0 aliphatic heterocycles. The van der Waals surface area contributed by atoms with Crippen LogP contribution in [0.15, 0.2) is 12.1 Å². The molecule has 0 radical (unpaired) electrons. The predicted molar refractivity (Wildman–Crippen MR) is 49.6 cm³/mol. The van der Waals surface area contributed by atoms with Crippen LogP contribution in [-0.4, -0.2) is 14.2 Å². The molecule has 0 N–H and O–H groups in total. The molecular weight excluding hydrogens is 199 g/mol. The van der Waals surface area contributed by atoms with Crippen LogP contribution in [0.1, 0.15) is 2.74 Å². The second-order valence-corrected chi connectivity index (χ2v) is 2.70. The SMILES string of the molecule is [2H]c1c(Cl)c(Cl)c([2H])c(OC)c1OC. The number of hydrogen-bond donors (Lipinski definition) is 0. The molecule has 0 atom stereocenters. The van der Waals surface area contributed by atoms with Gasteiger partial charge in [-0.3, -0.25) is 0 Å². The largest absolute Gasteiger partial charge is 0.493 e. The first-order valence-corrected chi connectivity index (χ1v) is 3.86. The summed E-state index contributed by atoms with van der Waals surface area (Å²) < 4.78 is 25.0. The third-order valence-electron chi connectivity index (χ3n) is 1.25. The summed E-state index contributed by atoms with van der Waals surface area (Å²) in [6.07, 6.45) is 0. The zero-order chi connectivity index (χ0) is 10.9. The number of rotatable bonds is 2. The van der Waals surface area contributed by atoms with Crippen molar-refractivity contribution < 1.29 is 12.2 Å². The summed E-state index contributed by atoms with van der Waals surface area (Å²) in [7, 11) is 2.75. The molecule has 4 heteroatoms. The zero-order valence-electron chi connectivity index (χ0n) is 8.57. The Labute approximate surface area is 83.8 Å². The first-order chi connectivity index (χ1) is 6.54. The smallest absolute Gasteiger partial charge is 0.162 e. The van der Waals surface area contributed by atoms with Crippen molar-refractivity contribution in [1.29, 1.82) is 0 Å². The monoisotopic (exact) mass is 208 g/mol. The van der Waals surface area contributed by atoms with Crippen molar-refractivity contribution >= 4 is 23.2 Å². The van der Waals surface area contributed by atoms with Gasteiger partial charge in [-0.25, -0.2) is 0 Å². The molecule has 0 aromatic heterocycles. The maximum atomic E-state index is 7.57. The second-order valence-electron chi connectivity index (χ2n) is 1.94. The van der Waals surface area contributed by atoms with Crippen molar-refractivity contribution in [2.45, 2.75) is 0 Å². The lowest BCUT2D eigenvalue weighted by Crippen LogP contribution is -1.90. The quantitative estimate of drug-likeness (QED) is 0.745. The Hall–Kier alpha value is -0.600. The van der Waals surface area contributed by atoms with E-state index in [1.165, 1.54) is 14.2 Å². The molecule has 1 aromatic rings. The predicted octanol–water partition coefficient (Wildman–Crippen LogP) is 3.01. The number of ether oxygens (including phenoxy) is 2. The fraction of sp³-hybridized carbons (Fsp3) is 0.250. The summed E-state index contributed by atoms with van der Waals surface area (Å²) in [6, 6.07) is -0.154. The minimum absolute atomic E-state index is 0.00526. The molecule has 2 nitrogen and oxygen atoms in total. The van der Waals surface area contributed by atoms with E-state index in [0.29, 0.717) is 0 Å². The lowest BCUT2D eigenvalue weighted by molar-refractivity contribution is 0.355. The summed E-state index contributed by atoms with van der Waals surface area (Å²) in [4.78, 5) is 0. The van der Waals surface area contributed by atoms with Gasteiger partial charge in [0.15, 0.2) is 11.5 Å². The van der Waals surface area contributed by atoms with Gasteiger partial charge in [0.25, 0.3) is 0 Å². The summed E-state index contributed by atoms with van der Waals surface area (Å²) in [5.74, 6) is 0.235. The van der Waals surface area contributed by atoms with Gasteiger partial charge in [0.05, 0.1) is 27.0 Å². The molecule has 0 aliphatic carbocycles. The Morgan fingerprint density at radius 2 is 1.42 bits per heavy atom. The van der Waals surface area contributed by atoms with Gasteiger partial charge in [-0.05, 0) is 0 Å². The summed E-state index contributed by atoms with van der Waals surface area (Å²) in [6.45, 7) is 0. The number of hydrogen-bond acceptors (Lipinski definition) is 2. The summed E-state index contributed by atoms with van der Waals surface area (Å²) in [5.41, 5.74) is 0. The molecule has 0 saturated heterocycles. The highest BCUT2D eigenvalue weighted by Crippen LogP contribution is 2.35. The molecule has 1 aromatic carbocycles. The van der Waals surface area contributed by atoms with Crippen LogP contribution >= 0.6 is 23.2 Å². The Morgan fingerprint density at radius 3 is 1.67 bits per heavy atom. The van der Waals surface area contributed by atoms with Crippen LogP contribution in [0.25, 0.3) is 0 Å². The molecule has 12 heavy (non-hydrogen) atoms.